The summed E-state index contributed by atoms with van der Waals surface area (Å²) in [5.41, 5.74) is 0.110. The molecular weight excluding hydrogens is 467 g/mol. The molecule has 1 N–H and O–H groups in total. The molecule has 0 unspecified atom stereocenters. The number of nitrogens with one attached hydrogen (secondary N) is 1. The first-order valence-electron chi connectivity index (χ1n) is 11.3. The summed E-state index contributed by atoms with van der Waals surface area (Å²) < 4.78 is 72.4. The van der Waals surface area contributed by atoms with Crippen LogP contribution in [0, 0.1) is 23.4 Å². The number of carbonyl (C=O) groups excluding carboxylic acids is 1. The van der Waals surface area contributed by atoms with Gasteiger partial charge in [0, 0.05) is 38.2 Å². The van der Waals surface area contributed by atoms with Gasteiger partial charge in [0.05, 0.1) is 6.04 Å². The second-order valence-corrected chi connectivity index (χ2v) is 11.1. The largest absolute Gasteiger partial charge is 0.337 e. The Labute approximate surface area is 197 Å². The summed E-state index contributed by atoms with van der Waals surface area (Å²) in [6.07, 6.45) is 2.79. The van der Waals surface area contributed by atoms with E-state index in [0.29, 0.717) is 13.0 Å². The summed E-state index contributed by atoms with van der Waals surface area (Å²) in [4.78, 5) is 14.7. The Kier molecular flexibility index (Phi) is 7.02. The van der Waals surface area contributed by atoms with Crippen molar-refractivity contribution >= 4 is 16.1 Å². The van der Waals surface area contributed by atoms with E-state index < -0.39 is 39.7 Å². The molecule has 2 fully saturated rings. The molecule has 2 aromatic rings. The van der Waals surface area contributed by atoms with Crippen LogP contribution in [0.1, 0.15) is 31.2 Å². The van der Waals surface area contributed by atoms with Crippen LogP contribution in [0.4, 0.5) is 13.2 Å². The number of nitrogens with zero attached hydrogens (tertiary/aromatic N) is 2. The Balaban J connectivity index is 1.69. The van der Waals surface area contributed by atoms with Gasteiger partial charge < -0.3 is 4.90 Å². The lowest BCUT2D eigenvalue weighted by atomic mass is 9.84. The van der Waals surface area contributed by atoms with Gasteiger partial charge in [-0.2, -0.15) is 17.4 Å². The summed E-state index contributed by atoms with van der Waals surface area (Å²) in [6, 6.07) is 5.96. The lowest BCUT2D eigenvalue weighted by Gasteiger charge is -2.34. The van der Waals surface area contributed by atoms with E-state index in [0.717, 1.165) is 41.8 Å². The molecular formula is C24H28F3N3O3S. The maximum atomic E-state index is 15.5. The molecule has 1 saturated heterocycles. The quantitative estimate of drug-likeness (QED) is 0.640. The first kappa shape index (κ1) is 24.7. The summed E-state index contributed by atoms with van der Waals surface area (Å²) in [5, 5.41) is 0. The van der Waals surface area contributed by atoms with Gasteiger partial charge in [0.1, 0.15) is 17.5 Å². The average Bonchev–Trinajstić information content (AvgIpc) is 3.10. The van der Waals surface area contributed by atoms with Crippen LogP contribution in [0.15, 0.2) is 36.4 Å². The summed E-state index contributed by atoms with van der Waals surface area (Å²) in [6.45, 7) is 0.328. The van der Waals surface area contributed by atoms with Crippen molar-refractivity contribution in [1.82, 2.24) is 13.9 Å². The monoisotopic (exact) mass is 495 g/mol. The SMILES string of the molecule is CN(C)S(=O)(=O)N[C@H]1CCN(C(=O)C2CCC2)[C@H]1Cc1cc(F)cc(-c2cccc(F)c2)c1F. The van der Waals surface area contributed by atoms with Crippen LogP contribution in [0.25, 0.3) is 11.1 Å². The zero-order chi connectivity index (χ0) is 24.6. The molecule has 1 aliphatic heterocycles. The van der Waals surface area contributed by atoms with E-state index in [9.17, 15) is 22.0 Å². The van der Waals surface area contributed by atoms with Gasteiger partial charge in [-0.25, -0.2) is 13.2 Å². The van der Waals surface area contributed by atoms with Crippen LogP contribution >= 0.6 is 0 Å². The molecule has 34 heavy (non-hydrogen) atoms. The van der Waals surface area contributed by atoms with Gasteiger partial charge >= 0.3 is 0 Å². The van der Waals surface area contributed by atoms with Crippen LogP contribution in [-0.4, -0.2) is 56.3 Å². The number of hydrogen-bond acceptors (Lipinski definition) is 3. The molecule has 1 amide bonds. The Hall–Kier alpha value is -2.43. The fraction of sp³-hybridized carbons (Fsp3) is 0.458. The van der Waals surface area contributed by atoms with Crippen molar-refractivity contribution in [1.29, 1.82) is 0 Å². The molecule has 2 atom stereocenters. The normalized spacial score (nSPS) is 21.2. The third-order valence-corrected chi connectivity index (χ3v) is 8.30. The fourth-order valence-electron chi connectivity index (χ4n) is 4.59. The van der Waals surface area contributed by atoms with Crippen molar-refractivity contribution < 1.29 is 26.4 Å². The maximum absolute atomic E-state index is 15.5. The first-order valence-corrected chi connectivity index (χ1v) is 12.7. The molecule has 6 nitrogen and oxygen atoms in total. The van der Waals surface area contributed by atoms with Gasteiger partial charge in [0.25, 0.3) is 10.2 Å². The second kappa shape index (κ2) is 9.67. The first-order chi connectivity index (χ1) is 16.1. The molecule has 0 spiro atoms. The molecule has 2 aromatic carbocycles. The second-order valence-electron chi connectivity index (χ2n) is 9.17. The molecule has 10 heteroatoms. The van der Waals surface area contributed by atoms with E-state index in [4.69, 9.17) is 0 Å². The highest BCUT2D eigenvalue weighted by atomic mass is 32.2. The number of carbonyl (C=O) groups is 1. The number of likely N-dealkylation sites (tertiary alicyclic amines) is 1. The zero-order valence-corrected chi connectivity index (χ0v) is 19.9. The molecule has 1 heterocycles. The minimum Gasteiger partial charge on any atom is -0.337 e. The van der Waals surface area contributed by atoms with Crippen LogP contribution < -0.4 is 4.72 Å². The van der Waals surface area contributed by atoms with Crippen molar-refractivity contribution in [2.24, 2.45) is 5.92 Å². The number of halogens is 3. The predicted molar refractivity (Wildman–Crippen MR) is 122 cm³/mol. The molecule has 184 valence electrons. The number of amides is 1. The number of rotatable bonds is 7. The van der Waals surface area contributed by atoms with Crippen LogP contribution in [0.3, 0.4) is 0 Å². The van der Waals surface area contributed by atoms with E-state index in [1.807, 2.05) is 0 Å². The molecule has 0 aromatic heterocycles. The van der Waals surface area contributed by atoms with Crippen molar-refractivity contribution in [3.63, 3.8) is 0 Å². The van der Waals surface area contributed by atoms with Gasteiger partial charge in [-0.15, -0.1) is 0 Å². The molecule has 0 bridgehead atoms. The molecule has 4 rings (SSSR count). The van der Waals surface area contributed by atoms with Gasteiger partial charge in [0.15, 0.2) is 0 Å². The summed E-state index contributed by atoms with van der Waals surface area (Å²) >= 11 is 0. The highest BCUT2D eigenvalue weighted by Gasteiger charge is 2.42. The standard InChI is InChI=1S/C24H28F3N3O3S/c1-29(2)34(32,33)28-21-9-10-30(24(31)15-5-3-6-15)22(21)13-17-12-19(26)14-20(23(17)27)16-7-4-8-18(25)11-16/h4,7-8,11-12,14-15,21-22,28H,3,5-6,9-10,13H2,1-2H3/t21-,22-/m0/s1. The summed E-state index contributed by atoms with van der Waals surface area (Å²) in [5.74, 6) is -2.19. The molecule has 0 radical (unpaired) electrons. The minimum absolute atomic E-state index is 0.00613. The predicted octanol–water partition coefficient (Wildman–Crippen LogP) is 3.48. The molecule has 1 saturated carbocycles. The average molecular weight is 496 g/mol. The Morgan fingerprint density at radius 1 is 1.09 bits per heavy atom. The Morgan fingerprint density at radius 3 is 2.44 bits per heavy atom. The summed E-state index contributed by atoms with van der Waals surface area (Å²) in [7, 11) is -1.03. The van der Waals surface area contributed by atoms with Crippen molar-refractivity contribution in [2.75, 3.05) is 20.6 Å². The Bertz CT molecular complexity index is 1190. The lowest BCUT2D eigenvalue weighted by molar-refractivity contribution is -0.139. The number of hydrogen-bond donors (Lipinski definition) is 1. The van der Waals surface area contributed by atoms with Crippen LogP contribution in [0.2, 0.25) is 0 Å². The van der Waals surface area contributed by atoms with E-state index in [2.05, 4.69) is 4.72 Å². The smallest absolute Gasteiger partial charge is 0.279 e. The van der Waals surface area contributed by atoms with Crippen LogP contribution in [0.5, 0.6) is 0 Å². The van der Waals surface area contributed by atoms with E-state index in [-0.39, 0.29) is 34.9 Å². The molecule has 1 aliphatic carbocycles. The van der Waals surface area contributed by atoms with Crippen LogP contribution in [-0.2, 0) is 21.4 Å². The third-order valence-electron chi connectivity index (χ3n) is 6.74. The van der Waals surface area contributed by atoms with Gasteiger partial charge in [-0.1, -0.05) is 18.6 Å². The lowest BCUT2D eigenvalue weighted by Crippen LogP contribution is -2.51. The van der Waals surface area contributed by atoms with Gasteiger partial charge in [0.2, 0.25) is 5.91 Å². The van der Waals surface area contributed by atoms with E-state index in [1.165, 1.54) is 32.3 Å². The van der Waals surface area contributed by atoms with Crippen molar-refractivity contribution in [3.05, 3.63) is 59.4 Å². The highest BCUT2D eigenvalue weighted by molar-refractivity contribution is 7.87. The van der Waals surface area contributed by atoms with Crippen molar-refractivity contribution in [3.8, 4) is 11.1 Å². The van der Waals surface area contributed by atoms with Gasteiger partial charge in [-0.05, 0) is 61.1 Å². The molecule has 2 aliphatic rings. The zero-order valence-electron chi connectivity index (χ0n) is 19.1. The Morgan fingerprint density at radius 2 is 1.82 bits per heavy atom. The maximum Gasteiger partial charge on any atom is 0.279 e. The highest BCUT2D eigenvalue weighted by Crippen LogP contribution is 2.34. The number of benzene rings is 2. The van der Waals surface area contributed by atoms with E-state index >= 15 is 4.39 Å². The third kappa shape index (κ3) is 4.99. The van der Waals surface area contributed by atoms with Gasteiger partial charge in [-0.3, -0.25) is 4.79 Å². The minimum atomic E-state index is -3.81. The van der Waals surface area contributed by atoms with E-state index in [1.54, 1.807) is 4.90 Å². The topological polar surface area (TPSA) is 69.7 Å². The van der Waals surface area contributed by atoms with Crippen molar-refractivity contribution in [2.45, 2.75) is 44.2 Å². The fourth-order valence-corrected chi connectivity index (χ4v) is 5.46.